The van der Waals surface area contributed by atoms with E-state index in [1.54, 1.807) is 0 Å². The predicted octanol–water partition coefficient (Wildman–Crippen LogP) is 2.72. The van der Waals surface area contributed by atoms with Crippen LogP contribution < -0.4 is 5.73 Å². The quantitative estimate of drug-likeness (QED) is 0.479. The molecule has 0 atom stereocenters. The van der Waals surface area contributed by atoms with Gasteiger partial charge in [0.05, 0.1) is 0 Å². The van der Waals surface area contributed by atoms with Crippen LogP contribution in [0.1, 0.15) is 40.0 Å². The maximum absolute atomic E-state index is 5.41. The second-order valence-electron chi connectivity index (χ2n) is 3.91. The minimum absolute atomic E-state index is 0.301. The summed E-state index contributed by atoms with van der Waals surface area (Å²) in [6.07, 6.45) is 3.56. The minimum Gasteiger partial charge on any atom is -0.330 e. The zero-order valence-electron chi connectivity index (χ0n) is 8.11. The van der Waals surface area contributed by atoms with Crippen molar-refractivity contribution in [3.8, 4) is 0 Å². The molecule has 0 rings (SSSR count). The van der Waals surface area contributed by atoms with E-state index < -0.39 is 0 Å². The summed E-state index contributed by atoms with van der Waals surface area (Å²) in [5, 5.41) is 0. The molecule has 0 saturated heterocycles. The van der Waals surface area contributed by atoms with Crippen LogP contribution in [0.3, 0.4) is 0 Å². The van der Waals surface area contributed by atoms with Crippen molar-refractivity contribution in [3.63, 3.8) is 0 Å². The van der Waals surface area contributed by atoms with Crippen LogP contribution in [0, 0.1) is 5.41 Å². The van der Waals surface area contributed by atoms with Crippen molar-refractivity contribution in [2.24, 2.45) is 11.1 Å². The van der Waals surface area contributed by atoms with Crippen molar-refractivity contribution < 1.29 is 0 Å². The summed E-state index contributed by atoms with van der Waals surface area (Å²) in [7, 11) is 0. The molecule has 0 aromatic rings. The lowest BCUT2D eigenvalue weighted by molar-refractivity contribution is 0.390. The average molecular weight is 155 g/mol. The van der Waals surface area contributed by atoms with E-state index >= 15 is 0 Å². The third-order valence-corrected chi connectivity index (χ3v) is 2.41. The molecule has 0 bridgehead atoms. The molecule has 0 aliphatic carbocycles. The van der Waals surface area contributed by atoms with Gasteiger partial charge in [0.1, 0.15) is 0 Å². The monoisotopic (exact) mass is 155 g/mol. The Morgan fingerprint density at radius 2 is 1.91 bits per heavy atom. The van der Waals surface area contributed by atoms with Gasteiger partial charge < -0.3 is 5.73 Å². The molecule has 11 heavy (non-hydrogen) atoms. The van der Waals surface area contributed by atoms with Gasteiger partial charge in [-0.25, -0.2) is 0 Å². The minimum atomic E-state index is 0.301. The smallest absolute Gasteiger partial charge is 0.00773 e. The van der Waals surface area contributed by atoms with E-state index in [0.717, 1.165) is 13.0 Å². The third-order valence-electron chi connectivity index (χ3n) is 2.41. The molecule has 0 aliphatic rings. The highest BCUT2D eigenvalue weighted by molar-refractivity contribution is 5.02. The van der Waals surface area contributed by atoms with Gasteiger partial charge in [0.15, 0.2) is 0 Å². The van der Waals surface area contributed by atoms with E-state index in [-0.39, 0.29) is 0 Å². The average Bonchev–Trinajstić information content (AvgIpc) is 1.88. The SMILES string of the molecule is C=C(C)C(C)(C)CCCCN. The zero-order chi connectivity index (χ0) is 8.91. The van der Waals surface area contributed by atoms with Gasteiger partial charge in [-0.1, -0.05) is 32.4 Å². The van der Waals surface area contributed by atoms with Crippen molar-refractivity contribution in [1.82, 2.24) is 0 Å². The molecule has 0 radical (unpaired) electrons. The van der Waals surface area contributed by atoms with E-state index in [2.05, 4.69) is 27.4 Å². The van der Waals surface area contributed by atoms with E-state index in [1.165, 1.54) is 18.4 Å². The van der Waals surface area contributed by atoms with E-state index in [0.29, 0.717) is 5.41 Å². The fraction of sp³-hybridized carbons (Fsp3) is 0.800. The highest BCUT2D eigenvalue weighted by Gasteiger charge is 2.17. The van der Waals surface area contributed by atoms with E-state index in [9.17, 15) is 0 Å². The molecule has 1 nitrogen and oxygen atoms in total. The van der Waals surface area contributed by atoms with E-state index in [4.69, 9.17) is 5.73 Å². The first kappa shape index (κ1) is 10.7. The van der Waals surface area contributed by atoms with Crippen molar-refractivity contribution in [1.29, 1.82) is 0 Å². The van der Waals surface area contributed by atoms with Crippen molar-refractivity contribution in [3.05, 3.63) is 12.2 Å². The van der Waals surface area contributed by atoms with Crippen LogP contribution in [0.5, 0.6) is 0 Å². The molecule has 0 saturated carbocycles. The number of nitrogens with two attached hydrogens (primary N) is 1. The summed E-state index contributed by atoms with van der Waals surface area (Å²) < 4.78 is 0. The Morgan fingerprint density at radius 3 is 2.27 bits per heavy atom. The second kappa shape index (κ2) is 4.55. The molecule has 0 aromatic carbocycles. The summed E-state index contributed by atoms with van der Waals surface area (Å²) in [5.74, 6) is 0. The second-order valence-corrected chi connectivity index (χ2v) is 3.91. The van der Waals surface area contributed by atoms with Gasteiger partial charge in [0.25, 0.3) is 0 Å². The molecule has 0 fully saturated rings. The maximum Gasteiger partial charge on any atom is -0.00773 e. The first-order valence-corrected chi connectivity index (χ1v) is 4.37. The molecule has 0 aromatic heterocycles. The Morgan fingerprint density at radius 1 is 1.36 bits per heavy atom. The Hall–Kier alpha value is -0.300. The fourth-order valence-electron chi connectivity index (χ4n) is 0.925. The van der Waals surface area contributed by atoms with Crippen LogP contribution in [0.25, 0.3) is 0 Å². The number of unbranched alkanes of at least 4 members (excludes halogenated alkanes) is 1. The molecule has 66 valence electrons. The lowest BCUT2D eigenvalue weighted by atomic mass is 9.81. The van der Waals surface area contributed by atoms with Gasteiger partial charge in [0.2, 0.25) is 0 Å². The number of hydrogen-bond acceptors (Lipinski definition) is 1. The van der Waals surface area contributed by atoms with Gasteiger partial charge in [-0.2, -0.15) is 0 Å². The number of hydrogen-bond donors (Lipinski definition) is 1. The van der Waals surface area contributed by atoms with Gasteiger partial charge in [-0.3, -0.25) is 0 Å². The normalized spacial score (nSPS) is 11.6. The molecule has 0 spiro atoms. The molecule has 0 heterocycles. The number of allylic oxidation sites excluding steroid dienone is 1. The maximum atomic E-state index is 5.41. The van der Waals surface area contributed by atoms with Crippen LogP contribution in [0.4, 0.5) is 0 Å². The lowest BCUT2D eigenvalue weighted by Crippen LogP contribution is -2.12. The standard InChI is InChI=1S/C10H21N/c1-9(2)10(3,4)7-5-6-8-11/h1,5-8,11H2,2-4H3. The van der Waals surface area contributed by atoms with Crippen LogP contribution >= 0.6 is 0 Å². The summed E-state index contributed by atoms with van der Waals surface area (Å²) in [6.45, 7) is 11.4. The molecule has 0 amide bonds. The Balaban J connectivity index is 3.64. The third kappa shape index (κ3) is 4.20. The number of rotatable bonds is 5. The molecular weight excluding hydrogens is 134 g/mol. The van der Waals surface area contributed by atoms with Crippen molar-refractivity contribution in [2.75, 3.05) is 6.54 Å². The zero-order valence-corrected chi connectivity index (χ0v) is 8.11. The fourth-order valence-corrected chi connectivity index (χ4v) is 0.925. The summed E-state index contributed by atoms with van der Waals surface area (Å²) >= 11 is 0. The summed E-state index contributed by atoms with van der Waals surface area (Å²) in [6, 6.07) is 0. The van der Waals surface area contributed by atoms with Crippen LogP contribution in [0.2, 0.25) is 0 Å². The predicted molar refractivity (Wildman–Crippen MR) is 51.5 cm³/mol. The Kier molecular flexibility index (Phi) is 4.43. The first-order chi connectivity index (χ1) is 5.00. The molecule has 1 heteroatoms. The largest absolute Gasteiger partial charge is 0.330 e. The highest BCUT2D eigenvalue weighted by Crippen LogP contribution is 2.30. The van der Waals surface area contributed by atoms with Crippen LogP contribution in [0.15, 0.2) is 12.2 Å². The lowest BCUT2D eigenvalue weighted by Gasteiger charge is -2.24. The molecule has 0 aliphatic heterocycles. The molecular formula is C10H21N. The van der Waals surface area contributed by atoms with Gasteiger partial charge in [-0.05, 0) is 31.7 Å². The van der Waals surface area contributed by atoms with Crippen molar-refractivity contribution >= 4 is 0 Å². The molecule has 2 N–H and O–H groups in total. The first-order valence-electron chi connectivity index (χ1n) is 4.37. The summed E-state index contributed by atoms with van der Waals surface area (Å²) in [5.41, 5.74) is 6.99. The van der Waals surface area contributed by atoms with Gasteiger partial charge in [-0.15, -0.1) is 0 Å². The van der Waals surface area contributed by atoms with Gasteiger partial charge >= 0.3 is 0 Å². The van der Waals surface area contributed by atoms with Crippen LogP contribution in [-0.4, -0.2) is 6.54 Å². The van der Waals surface area contributed by atoms with Crippen molar-refractivity contribution in [2.45, 2.75) is 40.0 Å². The summed E-state index contributed by atoms with van der Waals surface area (Å²) in [4.78, 5) is 0. The molecule has 0 unspecified atom stereocenters. The topological polar surface area (TPSA) is 26.0 Å². The Labute approximate surface area is 70.7 Å². The van der Waals surface area contributed by atoms with E-state index in [1.807, 2.05) is 0 Å². The highest BCUT2D eigenvalue weighted by atomic mass is 14.5. The van der Waals surface area contributed by atoms with Crippen LogP contribution in [-0.2, 0) is 0 Å². The van der Waals surface area contributed by atoms with Gasteiger partial charge in [0, 0.05) is 0 Å². The Bertz CT molecular complexity index is 125.